The smallest absolute Gasteiger partial charge is 0.274 e. The molecule has 21 heavy (non-hydrogen) atoms. The zero-order valence-electron chi connectivity index (χ0n) is 11.0. The zero-order valence-corrected chi connectivity index (χ0v) is 11.0. The normalized spacial score (nSPS) is 13.8. The molecule has 0 bridgehead atoms. The van der Waals surface area contributed by atoms with Crippen molar-refractivity contribution in [3.63, 3.8) is 0 Å². The van der Waals surface area contributed by atoms with Crippen molar-refractivity contribution in [2.45, 2.75) is 19.4 Å². The standard InChI is InChI=1S/C12H12N6O3/c19-12(7-16-8-13-14-15-16)17-6-2-3-9-10(17)4-1-5-11(9)18(20)21/h1,4-5,8H,2-3,6-7H2. The summed E-state index contributed by atoms with van der Waals surface area (Å²) >= 11 is 0. The van der Waals surface area contributed by atoms with Gasteiger partial charge >= 0.3 is 0 Å². The topological polar surface area (TPSA) is 107 Å². The number of amides is 1. The Hall–Kier alpha value is -2.84. The average Bonchev–Trinajstić information content (AvgIpc) is 2.98. The molecule has 1 aromatic heterocycles. The summed E-state index contributed by atoms with van der Waals surface area (Å²) in [6.07, 6.45) is 2.65. The molecule has 0 aliphatic carbocycles. The van der Waals surface area contributed by atoms with Crippen molar-refractivity contribution >= 4 is 17.3 Å². The highest BCUT2D eigenvalue weighted by atomic mass is 16.6. The summed E-state index contributed by atoms with van der Waals surface area (Å²) in [6, 6.07) is 4.80. The van der Waals surface area contributed by atoms with E-state index in [-0.39, 0.29) is 18.1 Å². The molecule has 2 heterocycles. The summed E-state index contributed by atoms with van der Waals surface area (Å²) in [5.74, 6) is -0.191. The van der Waals surface area contributed by atoms with E-state index in [0.717, 1.165) is 0 Å². The molecule has 0 saturated heterocycles. The number of nitrogens with zero attached hydrogens (tertiary/aromatic N) is 6. The Morgan fingerprint density at radius 3 is 3.00 bits per heavy atom. The van der Waals surface area contributed by atoms with Crippen molar-refractivity contribution in [2.75, 3.05) is 11.4 Å². The van der Waals surface area contributed by atoms with E-state index in [0.29, 0.717) is 30.6 Å². The molecule has 1 aliphatic rings. The summed E-state index contributed by atoms with van der Waals surface area (Å²) in [7, 11) is 0. The number of rotatable bonds is 3. The second kappa shape index (κ2) is 5.27. The molecule has 0 spiro atoms. The molecular formula is C12H12N6O3. The van der Waals surface area contributed by atoms with E-state index in [9.17, 15) is 14.9 Å². The molecule has 9 heteroatoms. The number of carbonyl (C=O) groups excluding carboxylic acids is 1. The number of anilines is 1. The van der Waals surface area contributed by atoms with E-state index in [1.165, 1.54) is 17.1 Å². The molecule has 3 rings (SSSR count). The van der Waals surface area contributed by atoms with Crippen LogP contribution in [0.25, 0.3) is 0 Å². The Kier molecular flexibility index (Phi) is 3.30. The van der Waals surface area contributed by atoms with E-state index in [1.807, 2.05) is 0 Å². The second-order valence-electron chi connectivity index (χ2n) is 4.69. The second-order valence-corrected chi connectivity index (χ2v) is 4.69. The highest BCUT2D eigenvalue weighted by Crippen LogP contribution is 2.34. The number of hydrogen-bond acceptors (Lipinski definition) is 6. The Labute approximate surface area is 119 Å². The summed E-state index contributed by atoms with van der Waals surface area (Å²) in [5, 5.41) is 21.7. The molecule has 0 atom stereocenters. The van der Waals surface area contributed by atoms with Gasteiger partial charge in [-0.2, -0.15) is 0 Å². The van der Waals surface area contributed by atoms with Crippen LogP contribution in [0, 0.1) is 10.1 Å². The van der Waals surface area contributed by atoms with Crippen LogP contribution in [0.4, 0.5) is 11.4 Å². The van der Waals surface area contributed by atoms with Crippen molar-refractivity contribution in [3.8, 4) is 0 Å². The molecule has 1 amide bonds. The molecule has 0 saturated carbocycles. The monoisotopic (exact) mass is 288 g/mol. The van der Waals surface area contributed by atoms with E-state index in [4.69, 9.17) is 0 Å². The van der Waals surface area contributed by atoms with Gasteiger partial charge in [0.15, 0.2) is 0 Å². The van der Waals surface area contributed by atoms with Gasteiger partial charge in [0.1, 0.15) is 12.9 Å². The van der Waals surface area contributed by atoms with Crippen LogP contribution in [0.2, 0.25) is 0 Å². The third-order valence-electron chi connectivity index (χ3n) is 3.41. The van der Waals surface area contributed by atoms with E-state index >= 15 is 0 Å². The SMILES string of the molecule is O=C(Cn1cnnn1)N1CCCc2c1cccc2[N+](=O)[O-]. The van der Waals surface area contributed by atoms with Gasteiger partial charge in [0.05, 0.1) is 16.2 Å². The van der Waals surface area contributed by atoms with Crippen molar-refractivity contribution in [1.82, 2.24) is 20.2 Å². The fourth-order valence-electron chi connectivity index (χ4n) is 2.51. The maximum atomic E-state index is 12.3. The van der Waals surface area contributed by atoms with Crippen molar-refractivity contribution < 1.29 is 9.72 Å². The van der Waals surface area contributed by atoms with E-state index in [1.54, 1.807) is 17.0 Å². The minimum atomic E-state index is -0.409. The van der Waals surface area contributed by atoms with Gasteiger partial charge in [0.25, 0.3) is 5.69 Å². The van der Waals surface area contributed by atoms with Gasteiger partial charge in [-0.15, -0.1) is 5.10 Å². The van der Waals surface area contributed by atoms with Crippen LogP contribution < -0.4 is 4.90 Å². The lowest BCUT2D eigenvalue weighted by atomic mass is 9.99. The van der Waals surface area contributed by atoms with Crippen LogP contribution in [-0.4, -0.2) is 37.6 Å². The lowest BCUT2D eigenvalue weighted by Crippen LogP contribution is -2.38. The van der Waals surface area contributed by atoms with Gasteiger partial charge in [-0.25, -0.2) is 4.68 Å². The van der Waals surface area contributed by atoms with Crippen molar-refractivity contribution in [3.05, 3.63) is 40.2 Å². The molecule has 0 radical (unpaired) electrons. The Morgan fingerprint density at radius 2 is 2.29 bits per heavy atom. The molecule has 9 nitrogen and oxygen atoms in total. The quantitative estimate of drug-likeness (QED) is 0.603. The number of carbonyl (C=O) groups is 1. The van der Waals surface area contributed by atoms with Gasteiger partial charge in [0, 0.05) is 12.6 Å². The van der Waals surface area contributed by atoms with Crippen LogP contribution in [0.15, 0.2) is 24.5 Å². The number of fused-ring (bicyclic) bond motifs is 1. The maximum Gasteiger partial charge on any atom is 0.274 e. The summed E-state index contributed by atoms with van der Waals surface area (Å²) in [6.45, 7) is 0.546. The first-order valence-corrected chi connectivity index (χ1v) is 6.44. The zero-order chi connectivity index (χ0) is 14.8. The molecule has 0 fully saturated rings. The average molecular weight is 288 g/mol. The maximum absolute atomic E-state index is 12.3. The molecule has 1 aromatic carbocycles. The summed E-state index contributed by atoms with van der Waals surface area (Å²) in [5.41, 5.74) is 1.28. The Morgan fingerprint density at radius 1 is 1.43 bits per heavy atom. The molecule has 1 aliphatic heterocycles. The Balaban J connectivity index is 1.92. The van der Waals surface area contributed by atoms with Crippen LogP contribution in [0.3, 0.4) is 0 Å². The molecule has 0 N–H and O–H groups in total. The highest BCUT2D eigenvalue weighted by Gasteiger charge is 2.28. The van der Waals surface area contributed by atoms with Crippen LogP contribution in [0.1, 0.15) is 12.0 Å². The first kappa shape index (κ1) is 13.2. The summed E-state index contributed by atoms with van der Waals surface area (Å²) < 4.78 is 1.33. The third kappa shape index (κ3) is 2.45. The lowest BCUT2D eigenvalue weighted by Gasteiger charge is -2.29. The first-order valence-electron chi connectivity index (χ1n) is 6.44. The lowest BCUT2D eigenvalue weighted by molar-refractivity contribution is -0.385. The molecule has 2 aromatic rings. The van der Waals surface area contributed by atoms with E-state index in [2.05, 4.69) is 15.5 Å². The predicted molar refractivity (Wildman–Crippen MR) is 71.6 cm³/mol. The number of nitro groups is 1. The molecule has 108 valence electrons. The van der Waals surface area contributed by atoms with Gasteiger partial charge in [-0.05, 0) is 29.3 Å². The minimum absolute atomic E-state index is 0.00906. The number of tetrazole rings is 1. The first-order chi connectivity index (χ1) is 10.2. The third-order valence-corrected chi connectivity index (χ3v) is 3.41. The van der Waals surface area contributed by atoms with Crippen LogP contribution >= 0.6 is 0 Å². The molecule has 0 unspecified atom stereocenters. The number of hydrogen-bond donors (Lipinski definition) is 0. The van der Waals surface area contributed by atoms with Gasteiger partial charge in [-0.3, -0.25) is 14.9 Å². The fraction of sp³-hybridized carbons (Fsp3) is 0.333. The summed E-state index contributed by atoms with van der Waals surface area (Å²) in [4.78, 5) is 24.6. The van der Waals surface area contributed by atoms with Gasteiger partial charge in [0.2, 0.25) is 5.91 Å². The Bertz CT molecular complexity index is 684. The van der Waals surface area contributed by atoms with Gasteiger partial charge < -0.3 is 4.90 Å². The minimum Gasteiger partial charge on any atom is -0.310 e. The van der Waals surface area contributed by atoms with Crippen molar-refractivity contribution in [1.29, 1.82) is 0 Å². The van der Waals surface area contributed by atoms with Crippen molar-refractivity contribution in [2.24, 2.45) is 0 Å². The highest BCUT2D eigenvalue weighted by molar-refractivity contribution is 5.95. The number of aromatic nitrogens is 4. The van der Waals surface area contributed by atoms with Gasteiger partial charge in [-0.1, -0.05) is 6.07 Å². The molecular weight excluding hydrogens is 276 g/mol. The largest absolute Gasteiger partial charge is 0.310 e. The van der Waals surface area contributed by atoms with E-state index < -0.39 is 4.92 Å². The number of nitro benzene ring substituents is 1. The van der Waals surface area contributed by atoms with Crippen LogP contribution in [0.5, 0.6) is 0 Å². The fourth-order valence-corrected chi connectivity index (χ4v) is 2.51. The van der Waals surface area contributed by atoms with Crippen LogP contribution in [-0.2, 0) is 17.8 Å². The number of benzene rings is 1. The predicted octanol–water partition coefficient (Wildman–Crippen LogP) is 0.561.